The van der Waals surface area contributed by atoms with Gasteiger partial charge >= 0.3 is 0 Å². The maximum absolute atomic E-state index is 12.5. The van der Waals surface area contributed by atoms with Crippen molar-refractivity contribution in [3.8, 4) is 11.6 Å². The Kier molecular flexibility index (Phi) is 5.71. The molecule has 3 heterocycles. The minimum absolute atomic E-state index is 0.190. The molecule has 3 rings (SSSR count). The Hall–Kier alpha value is -2.52. The second kappa shape index (κ2) is 8.01. The molecule has 9 heteroatoms. The maximum Gasteiger partial charge on any atom is 0.238 e. The average molecular weight is 390 g/mol. The molecule has 0 saturated carbocycles. The van der Waals surface area contributed by atoms with Crippen LogP contribution in [0.5, 0.6) is 11.6 Å². The number of rotatable bonds is 6. The molecule has 2 aromatic heterocycles. The van der Waals surface area contributed by atoms with Crippen LogP contribution in [0.2, 0.25) is 0 Å². The summed E-state index contributed by atoms with van der Waals surface area (Å²) in [6.07, 6.45) is 5.53. The van der Waals surface area contributed by atoms with Gasteiger partial charge in [0.2, 0.25) is 21.8 Å². The molecular weight excluding hydrogens is 368 g/mol. The number of hydrogen-bond donors (Lipinski definition) is 1. The van der Waals surface area contributed by atoms with Gasteiger partial charge in [-0.05, 0) is 38.0 Å². The molecule has 8 nitrogen and oxygen atoms in total. The minimum Gasteiger partial charge on any atom is -0.437 e. The summed E-state index contributed by atoms with van der Waals surface area (Å²) in [6.45, 7) is 2.45. The standard InChI is InChI=1S/C18H22N4O4S/c1-13-7-8-15(12-20-13)26-18-14(5-3-9-19-18)11-21-17(23)16-6-4-10-22(16)27(2,24)25/h3,5,7-9,12,16H,4,6,10-11H2,1-2H3,(H,21,23)/t16-/m0/s1. The number of carbonyl (C=O) groups excluding carboxylic acids is 1. The van der Waals surface area contributed by atoms with Crippen LogP contribution in [0.3, 0.4) is 0 Å². The number of sulfonamides is 1. The van der Waals surface area contributed by atoms with Gasteiger partial charge < -0.3 is 10.1 Å². The summed E-state index contributed by atoms with van der Waals surface area (Å²) >= 11 is 0. The van der Waals surface area contributed by atoms with E-state index in [9.17, 15) is 13.2 Å². The van der Waals surface area contributed by atoms with Crippen molar-refractivity contribution in [2.45, 2.75) is 32.4 Å². The normalized spacial score (nSPS) is 17.6. The lowest BCUT2D eigenvalue weighted by molar-refractivity contribution is -0.124. The molecule has 0 radical (unpaired) electrons. The Bertz CT molecular complexity index is 915. The third kappa shape index (κ3) is 4.81. The average Bonchev–Trinajstić information content (AvgIpc) is 3.13. The molecule has 0 bridgehead atoms. The second-order valence-electron chi connectivity index (χ2n) is 6.45. The van der Waals surface area contributed by atoms with Gasteiger partial charge in [-0.15, -0.1) is 0 Å². The van der Waals surface area contributed by atoms with Crippen LogP contribution in [-0.4, -0.2) is 47.4 Å². The predicted molar refractivity (Wildman–Crippen MR) is 99.7 cm³/mol. The Balaban J connectivity index is 1.68. The molecule has 0 spiro atoms. The van der Waals surface area contributed by atoms with E-state index in [1.165, 1.54) is 4.31 Å². The van der Waals surface area contributed by atoms with E-state index in [0.29, 0.717) is 36.6 Å². The zero-order valence-electron chi connectivity index (χ0n) is 15.3. The summed E-state index contributed by atoms with van der Waals surface area (Å²) < 4.78 is 30.6. The Labute approximate surface area is 158 Å². The zero-order valence-corrected chi connectivity index (χ0v) is 16.1. The topological polar surface area (TPSA) is 101 Å². The summed E-state index contributed by atoms with van der Waals surface area (Å²) in [6, 6.07) is 6.51. The Morgan fingerprint density at radius 3 is 2.85 bits per heavy atom. The van der Waals surface area contributed by atoms with Crippen LogP contribution in [0.25, 0.3) is 0 Å². The molecular formula is C18H22N4O4S. The second-order valence-corrected chi connectivity index (χ2v) is 8.39. The van der Waals surface area contributed by atoms with Crippen LogP contribution in [0, 0.1) is 6.92 Å². The highest BCUT2D eigenvalue weighted by molar-refractivity contribution is 7.88. The van der Waals surface area contributed by atoms with Crippen LogP contribution in [0.4, 0.5) is 0 Å². The Morgan fingerprint density at radius 2 is 2.15 bits per heavy atom. The van der Waals surface area contributed by atoms with Crippen molar-refractivity contribution in [1.82, 2.24) is 19.6 Å². The van der Waals surface area contributed by atoms with Crippen molar-refractivity contribution >= 4 is 15.9 Å². The smallest absolute Gasteiger partial charge is 0.238 e. The van der Waals surface area contributed by atoms with Gasteiger partial charge in [0.1, 0.15) is 11.8 Å². The van der Waals surface area contributed by atoms with Crippen LogP contribution in [0.15, 0.2) is 36.7 Å². The molecule has 0 aromatic carbocycles. The van der Waals surface area contributed by atoms with Crippen molar-refractivity contribution in [2.24, 2.45) is 0 Å². The molecule has 0 aliphatic carbocycles. The van der Waals surface area contributed by atoms with Crippen molar-refractivity contribution in [2.75, 3.05) is 12.8 Å². The van der Waals surface area contributed by atoms with Gasteiger partial charge in [-0.2, -0.15) is 4.31 Å². The van der Waals surface area contributed by atoms with Gasteiger partial charge in [0.05, 0.1) is 12.5 Å². The van der Waals surface area contributed by atoms with Crippen molar-refractivity contribution in [3.63, 3.8) is 0 Å². The lowest BCUT2D eigenvalue weighted by atomic mass is 10.2. The maximum atomic E-state index is 12.5. The van der Waals surface area contributed by atoms with Crippen molar-refractivity contribution in [3.05, 3.63) is 47.9 Å². The summed E-state index contributed by atoms with van der Waals surface area (Å²) in [5, 5.41) is 2.80. The number of aryl methyl sites for hydroxylation is 1. The molecule has 1 aliphatic heterocycles. The summed E-state index contributed by atoms with van der Waals surface area (Å²) in [7, 11) is -3.40. The van der Waals surface area contributed by atoms with E-state index >= 15 is 0 Å². The highest BCUT2D eigenvalue weighted by Gasteiger charge is 2.36. The first kappa shape index (κ1) is 19.2. The fraction of sp³-hybridized carbons (Fsp3) is 0.389. The third-order valence-electron chi connectivity index (χ3n) is 4.33. The zero-order chi connectivity index (χ0) is 19.4. The lowest BCUT2D eigenvalue weighted by Gasteiger charge is -2.21. The van der Waals surface area contributed by atoms with Gasteiger partial charge in [-0.3, -0.25) is 9.78 Å². The number of ether oxygens (including phenoxy) is 1. The molecule has 1 N–H and O–H groups in total. The summed E-state index contributed by atoms with van der Waals surface area (Å²) in [5.74, 6) is 0.602. The van der Waals surface area contributed by atoms with Gasteiger partial charge in [0, 0.05) is 30.5 Å². The quantitative estimate of drug-likeness (QED) is 0.804. The predicted octanol–water partition coefficient (Wildman–Crippen LogP) is 1.62. The van der Waals surface area contributed by atoms with Gasteiger partial charge in [0.15, 0.2) is 0 Å². The number of pyridine rings is 2. The first-order chi connectivity index (χ1) is 12.8. The van der Waals surface area contributed by atoms with E-state index in [0.717, 1.165) is 11.9 Å². The van der Waals surface area contributed by atoms with Crippen LogP contribution < -0.4 is 10.1 Å². The van der Waals surface area contributed by atoms with Gasteiger partial charge in [-0.1, -0.05) is 6.07 Å². The molecule has 1 fully saturated rings. The highest BCUT2D eigenvalue weighted by Crippen LogP contribution is 2.23. The molecule has 1 aliphatic rings. The third-order valence-corrected chi connectivity index (χ3v) is 5.62. The minimum atomic E-state index is -3.40. The number of nitrogens with zero attached hydrogens (tertiary/aromatic N) is 3. The van der Waals surface area contributed by atoms with Crippen LogP contribution in [0.1, 0.15) is 24.1 Å². The highest BCUT2D eigenvalue weighted by atomic mass is 32.2. The van der Waals surface area contributed by atoms with E-state index in [2.05, 4.69) is 15.3 Å². The van der Waals surface area contributed by atoms with Gasteiger partial charge in [-0.25, -0.2) is 13.4 Å². The van der Waals surface area contributed by atoms with E-state index in [4.69, 9.17) is 4.74 Å². The SMILES string of the molecule is Cc1ccc(Oc2ncccc2CNC(=O)[C@@H]2CCCN2S(C)(=O)=O)cn1. The molecule has 144 valence electrons. The van der Waals surface area contributed by atoms with E-state index < -0.39 is 16.1 Å². The van der Waals surface area contributed by atoms with E-state index in [1.54, 1.807) is 30.6 Å². The molecule has 1 atom stereocenters. The monoisotopic (exact) mass is 390 g/mol. The summed E-state index contributed by atoms with van der Waals surface area (Å²) in [4.78, 5) is 20.9. The molecule has 27 heavy (non-hydrogen) atoms. The first-order valence-electron chi connectivity index (χ1n) is 8.63. The first-order valence-corrected chi connectivity index (χ1v) is 10.5. The number of amides is 1. The number of carbonyl (C=O) groups is 1. The van der Waals surface area contributed by atoms with Gasteiger partial charge in [0.25, 0.3) is 0 Å². The fourth-order valence-electron chi connectivity index (χ4n) is 2.98. The number of nitrogens with one attached hydrogen (secondary N) is 1. The van der Waals surface area contributed by atoms with E-state index in [1.807, 2.05) is 13.0 Å². The largest absolute Gasteiger partial charge is 0.437 e. The van der Waals surface area contributed by atoms with Crippen molar-refractivity contribution in [1.29, 1.82) is 0 Å². The fourth-order valence-corrected chi connectivity index (χ4v) is 4.10. The Morgan fingerprint density at radius 1 is 1.33 bits per heavy atom. The molecule has 1 amide bonds. The van der Waals surface area contributed by atoms with Crippen LogP contribution >= 0.6 is 0 Å². The van der Waals surface area contributed by atoms with Crippen LogP contribution in [-0.2, 0) is 21.4 Å². The van der Waals surface area contributed by atoms with E-state index in [-0.39, 0.29) is 12.5 Å². The molecule has 1 saturated heterocycles. The molecule has 2 aromatic rings. The lowest BCUT2D eigenvalue weighted by Crippen LogP contribution is -2.45. The van der Waals surface area contributed by atoms with Crippen molar-refractivity contribution < 1.29 is 17.9 Å². The number of aromatic nitrogens is 2. The number of hydrogen-bond acceptors (Lipinski definition) is 6. The molecule has 0 unspecified atom stereocenters. The summed E-state index contributed by atoms with van der Waals surface area (Å²) in [5.41, 5.74) is 1.57.